The lowest BCUT2D eigenvalue weighted by molar-refractivity contribution is -0.141. The third-order valence-corrected chi connectivity index (χ3v) is 2.41. The highest BCUT2D eigenvalue weighted by molar-refractivity contribution is 5.85. The van der Waals surface area contributed by atoms with Crippen LogP contribution in [0.4, 0.5) is 0 Å². The fraction of sp³-hybridized carbons (Fsp3) is 0.818. The predicted molar refractivity (Wildman–Crippen MR) is 63.8 cm³/mol. The Morgan fingerprint density at radius 3 is 2.25 bits per heavy atom. The van der Waals surface area contributed by atoms with E-state index in [1.165, 1.54) is 4.90 Å². The van der Waals surface area contributed by atoms with Crippen LogP contribution in [-0.2, 0) is 9.59 Å². The Hall–Kier alpha value is -1.10. The third-order valence-electron chi connectivity index (χ3n) is 2.41. The standard InChI is InChI=1S/C11H23N3O2/c1-5-6-14(8-10(15)13(3)4)11(16)9(2)7-12/h9H,5-8,12H2,1-4H3. The Balaban J connectivity index is 4.48. The van der Waals surface area contributed by atoms with Gasteiger partial charge in [-0.25, -0.2) is 0 Å². The summed E-state index contributed by atoms with van der Waals surface area (Å²) in [4.78, 5) is 26.5. The van der Waals surface area contributed by atoms with E-state index in [1.54, 1.807) is 25.9 Å². The first-order chi connectivity index (χ1) is 7.43. The summed E-state index contributed by atoms with van der Waals surface area (Å²) in [5.74, 6) is -0.327. The summed E-state index contributed by atoms with van der Waals surface area (Å²) >= 11 is 0. The smallest absolute Gasteiger partial charge is 0.241 e. The number of nitrogens with two attached hydrogens (primary N) is 1. The molecule has 0 aromatic carbocycles. The molecule has 16 heavy (non-hydrogen) atoms. The van der Waals surface area contributed by atoms with Crippen molar-refractivity contribution in [3.05, 3.63) is 0 Å². The lowest BCUT2D eigenvalue weighted by Gasteiger charge is -2.25. The van der Waals surface area contributed by atoms with Crippen LogP contribution in [0.2, 0.25) is 0 Å². The van der Waals surface area contributed by atoms with Gasteiger partial charge in [0.25, 0.3) is 0 Å². The molecule has 1 unspecified atom stereocenters. The van der Waals surface area contributed by atoms with Gasteiger partial charge in [0, 0.05) is 33.1 Å². The van der Waals surface area contributed by atoms with Crippen LogP contribution >= 0.6 is 0 Å². The van der Waals surface area contributed by atoms with Crippen molar-refractivity contribution in [3.8, 4) is 0 Å². The first-order valence-electron chi connectivity index (χ1n) is 5.63. The summed E-state index contributed by atoms with van der Waals surface area (Å²) in [6, 6.07) is 0. The molecule has 2 N–H and O–H groups in total. The number of likely N-dealkylation sites (N-methyl/N-ethyl adjacent to an activating group) is 1. The van der Waals surface area contributed by atoms with Gasteiger partial charge in [-0.05, 0) is 6.42 Å². The number of nitrogens with zero attached hydrogens (tertiary/aromatic N) is 2. The van der Waals surface area contributed by atoms with E-state index >= 15 is 0 Å². The molecule has 0 rings (SSSR count). The zero-order valence-corrected chi connectivity index (χ0v) is 10.7. The average molecular weight is 229 g/mol. The first-order valence-corrected chi connectivity index (χ1v) is 5.63. The van der Waals surface area contributed by atoms with Crippen molar-refractivity contribution in [3.63, 3.8) is 0 Å². The van der Waals surface area contributed by atoms with E-state index in [9.17, 15) is 9.59 Å². The summed E-state index contributed by atoms with van der Waals surface area (Å²) in [6.07, 6.45) is 0.837. The van der Waals surface area contributed by atoms with Gasteiger partial charge in [-0.15, -0.1) is 0 Å². The average Bonchev–Trinajstić information content (AvgIpc) is 2.26. The second-order valence-electron chi connectivity index (χ2n) is 4.18. The maximum atomic E-state index is 11.9. The molecule has 0 heterocycles. The minimum atomic E-state index is -0.221. The van der Waals surface area contributed by atoms with Crippen molar-refractivity contribution in [1.29, 1.82) is 0 Å². The molecule has 1 atom stereocenters. The van der Waals surface area contributed by atoms with E-state index in [0.717, 1.165) is 6.42 Å². The van der Waals surface area contributed by atoms with Crippen LogP contribution in [0.3, 0.4) is 0 Å². The fourth-order valence-corrected chi connectivity index (χ4v) is 1.25. The van der Waals surface area contributed by atoms with Gasteiger partial charge >= 0.3 is 0 Å². The van der Waals surface area contributed by atoms with Crippen LogP contribution in [0.15, 0.2) is 0 Å². The SMILES string of the molecule is CCCN(CC(=O)N(C)C)C(=O)C(C)CN. The highest BCUT2D eigenvalue weighted by Gasteiger charge is 2.21. The van der Waals surface area contributed by atoms with Gasteiger partial charge in [-0.1, -0.05) is 13.8 Å². The van der Waals surface area contributed by atoms with Gasteiger partial charge in [-0.3, -0.25) is 9.59 Å². The molecule has 0 aliphatic heterocycles. The van der Waals surface area contributed by atoms with E-state index in [2.05, 4.69) is 0 Å². The van der Waals surface area contributed by atoms with Crippen LogP contribution in [0.25, 0.3) is 0 Å². The normalized spacial score (nSPS) is 12.1. The maximum Gasteiger partial charge on any atom is 0.241 e. The molecule has 0 aliphatic carbocycles. The number of rotatable bonds is 6. The van der Waals surface area contributed by atoms with Crippen LogP contribution in [-0.4, -0.2) is 55.3 Å². The number of hydrogen-bond donors (Lipinski definition) is 1. The third kappa shape index (κ3) is 4.61. The monoisotopic (exact) mass is 229 g/mol. The van der Waals surface area contributed by atoms with Crippen molar-refractivity contribution in [1.82, 2.24) is 9.80 Å². The first kappa shape index (κ1) is 14.9. The lowest BCUT2D eigenvalue weighted by Crippen LogP contribution is -2.44. The molecule has 94 valence electrons. The molecule has 0 radical (unpaired) electrons. The summed E-state index contributed by atoms with van der Waals surface area (Å²) in [5, 5.41) is 0. The Morgan fingerprint density at radius 2 is 1.88 bits per heavy atom. The molecular weight excluding hydrogens is 206 g/mol. The molecule has 2 amide bonds. The highest BCUT2D eigenvalue weighted by Crippen LogP contribution is 2.03. The van der Waals surface area contributed by atoms with Gasteiger partial charge in [0.1, 0.15) is 0 Å². The van der Waals surface area contributed by atoms with E-state index in [1.807, 2.05) is 6.92 Å². The van der Waals surface area contributed by atoms with Crippen molar-refractivity contribution in [2.24, 2.45) is 11.7 Å². The summed E-state index contributed by atoms with van der Waals surface area (Å²) < 4.78 is 0. The van der Waals surface area contributed by atoms with Gasteiger partial charge in [0.2, 0.25) is 11.8 Å². The predicted octanol–water partition coefficient (Wildman–Crippen LogP) is -0.0920. The number of carbonyl (C=O) groups is 2. The van der Waals surface area contributed by atoms with Gasteiger partial charge in [0.15, 0.2) is 0 Å². The van der Waals surface area contributed by atoms with Crippen LogP contribution in [0.5, 0.6) is 0 Å². The van der Waals surface area contributed by atoms with E-state index in [-0.39, 0.29) is 24.3 Å². The molecule has 0 aromatic rings. The van der Waals surface area contributed by atoms with Crippen LogP contribution in [0, 0.1) is 5.92 Å². The van der Waals surface area contributed by atoms with E-state index in [0.29, 0.717) is 13.1 Å². The van der Waals surface area contributed by atoms with Crippen molar-refractivity contribution in [2.45, 2.75) is 20.3 Å². The molecule has 5 heteroatoms. The number of amides is 2. The van der Waals surface area contributed by atoms with Crippen molar-refractivity contribution >= 4 is 11.8 Å². The second-order valence-corrected chi connectivity index (χ2v) is 4.18. The van der Waals surface area contributed by atoms with Crippen molar-refractivity contribution < 1.29 is 9.59 Å². The topological polar surface area (TPSA) is 66.6 Å². The zero-order valence-electron chi connectivity index (χ0n) is 10.7. The molecule has 0 fully saturated rings. The largest absolute Gasteiger partial charge is 0.347 e. The Morgan fingerprint density at radius 1 is 1.31 bits per heavy atom. The highest BCUT2D eigenvalue weighted by atomic mass is 16.2. The minimum Gasteiger partial charge on any atom is -0.347 e. The molecule has 5 nitrogen and oxygen atoms in total. The number of carbonyl (C=O) groups excluding carboxylic acids is 2. The van der Waals surface area contributed by atoms with E-state index < -0.39 is 0 Å². The Labute approximate surface area is 97.6 Å². The molecule has 0 aliphatic rings. The number of hydrogen-bond acceptors (Lipinski definition) is 3. The van der Waals surface area contributed by atoms with Gasteiger partial charge in [-0.2, -0.15) is 0 Å². The molecule has 0 saturated carbocycles. The zero-order chi connectivity index (χ0) is 12.7. The van der Waals surface area contributed by atoms with Crippen molar-refractivity contribution in [2.75, 3.05) is 33.7 Å². The molecule has 0 bridgehead atoms. The Kier molecular flexibility index (Phi) is 6.72. The van der Waals surface area contributed by atoms with E-state index in [4.69, 9.17) is 5.73 Å². The molecule has 0 aromatic heterocycles. The van der Waals surface area contributed by atoms with Gasteiger partial charge < -0.3 is 15.5 Å². The minimum absolute atomic E-state index is 0.0421. The fourth-order valence-electron chi connectivity index (χ4n) is 1.25. The Bertz CT molecular complexity index is 241. The van der Waals surface area contributed by atoms with Crippen LogP contribution < -0.4 is 5.73 Å². The molecular formula is C11H23N3O2. The summed E-state index contributed by atoms with van der Waals surface area (Å²) in [5.41, 5.74) is 5.45. The quantitative estimate of drug-likeness (QED) is 0.692. The summed E-state index contributed by atoms with van der Waals surface area (Å²) in [6.45, 7) is 4.82. The second kappa shape index (κ2) is 7.22. The van der Waals surface area contributed by atoms with Gasteiger partial charge in [0.05, 0.1) is 6.54 Å². The lowest BCUT2D eigenvalue weighted by atomic mass is 10.1. The van der Waals surface area contributed by atoms with Crippen LogP contribution in [0.1, 0.15) is 20.3 Å². The molecule has 0 saturated heterocycles. The molecule has 0 spiro atoms. The maximum absolute atomic E-state index is 11.9. The summed E-state index contributed by atoms with van der Waals surface area (Å²) in [7, 11) is 3.37.